The molecular formula is C11H14INO2. The number of ether oxygens (including phenoxy) is 1. The summed E-state index contributed by atoms with van der Waals surface area (Å²) in [6.07, 6.45) is 0. The van der Waals surface area contributed by atoms with Crippen molar-refractivity contribution in [1.82, 2.24) is 0 Å². The van der Waals surface area contributed by atoms with E-state index in [9.17, 15) is 4.79 Å². The summed E-state index contributed by atoms with van der Waals surface area (Å²) < 4.78 is 6.04. The third-order valence-electron chi connectivity index (χ3n) is 1.85. The maximum atomic E-state index is 11.3. The van der Waals surface area contributed by atoms with Crippen molar-refractivity contribution in [2.24, 2.45) is 0 Å². The second-order valence-electron chi connectivity index (χ2n) is 3.13. The third-order valence-corrected chi connectivity index (χ3v) is 2.52. The van der Waals surface area contributed by atoms with Gasteiger partial charge < -0.3 is 10.1 Å². The van der Waals surface area contributed by atoms with E-state index < -0.39 is 0 Å². The summed E-state index contributed by atoms with van der Waals surface area (Å²) in [6.45, 7) is 4.01. The Balaban J connectivity index is 2.58. The minimum Gasteiger partial charge on any atom is -0.464 e. The Bertz CT molecular complexity index is 341. The lowest BCUT2D eigenvalue weighted by Crippen LogP contribution is -2.28. The van der Waals surface area contributed by atoms with Crippen LogP contribution < -0.4 is 5.32 Å². The van der Waals surface area contributed by atoms with Crippen LogP contribution in [0.3, 0.4) is 0 Å². The fraction of sp³-hybridized carbons (Fsp3) is 0.364. The van der Waals surface area contributed by atoms with Gasteiger partial charge in [0, 0.05) is 9.26 Å². The summed E-state index contributed by atoms with van der Waals surface area (Å²) >= 11 is 2.23. The van der Waals surface area contributed by atoms with E-state index in [0.29, 0.717) is 6.61 Å². The summed E-state index contributed by atoms with van der Waals surface area (Å²) in [5.74, 6) is -0.226. The van der Waals surface area contributed by atoms with E-state index >= 15 is 0 Å². The van der Waals surface area contributed by atoms with Crippen molar-refractivity contribution in [2.45, 2.75) is 19.9 Å². The van der Waals surface area contributed by atoms with Crippen molar-refractivity contribution in [2.75, 3.05) is 11.9 Å². The number of nitrogens with one attached hydrogen (secondary N) is 1. The van der Waals surface area contributed by atoms with Crippen molar-refractivity contribution >= 4 is 34.2 Å². The molecule has 0 radical (unpaired) electrons. The lowest BCUT2D eigenvalue weighted by molar-refractivity contribution is -0.143. The monoisotopic (exact) mass is 319 g/mol. The molecule has 1 aromatic rings. The third kappa shape index (κ3) is 4.07. The van der Waals surface area contributed by atoms with Gasteiger partial charge in [0.25, 0.3) is 0 Å². The SMILES string of the molecule is CCOC(=O)C(C)Nc1cccc(I)c1. The van der Waals surface area contributed by atoms with Gasteiger partial charge in [-0.3, -0.25) is 0 Å². The molecule has 0 spiro atoms. The van der Waals surface area contributed by atoms with Crippen LogP contribution in [0.25, 0.3) is 0 Å². The highest BCUT2D eigenvalue weighted by Crippen LogP contribution is 2.13. The molecule has 0 fully saturated rings. The molecule has 0 saturated carbocycles. The second-order valence-corrected chi connectivity index (χ2v) is 4.37. The topological polar surface area (TPSA) is 38.3 Å². The van der Waals surface area contributed by atoms with Gasteiger partial charge in [0.2, 0.25) is 0 Å². The minimum absolute atomic E-state index is 0.226. The van der Waals surface area contributed by atoms with Crippen molar-refractivity contribution < 1.29 is 9.53 Å². The molecule has 0 aliphatic heterocycles. The van der Waals surface area contributed by atoms with Crippen LogP contribution in [-0.2, 0) is 9.53 Å². The second kappa shape index (κ2) is 5.95. The van der Waals surface area contributed by atoms with Gasteiger partial charge in [0.05, 0.1) is 6.61 Å². The number of rotatable bonds is 4. The molecule has 1 aromatic carbocycles. The fourth-order valence-electron chi connectivity index (χ4n) is 1.15. The highest BCUT2D eigenvalue weighted by atomic mass is 127. The lowest BCUT2D eigenvalue weighted by atomic mass is 10.2. The van der Waals surface area contributed by atoms with Crippen LogP contribution in [0.15, 0.2) is 24.3 Å². The summed E-state index contributed by atoms with van der Waals surface area (Å²) in [4.78, 5) is 11.3. The smallest absolute Gasteiger partial charge is 0.328 e. The van der Waals surface area contributed by atoms with Gasteiger partial charge in [0.1, 0.15) is 6.04 Å². The minimum atomic E-state index is -0.317. The van der Waals surface area contributed by atoms with Gasteiger partial charge in [-0.1, -0.05) is 6.07 Å². The van der Waals surface area contributed by atoms with Crippen molar-refractivity contribution in [3.63, 3.8) is 0 Å². The van der Waals surface area contributed by atoms with Gasteiger partial charge in [-0.25, -0.2) is 4.79 Å². The number of anilines is 1. The molecule has 1 atom stereocenters. The molecule has 0 saturated heterocycles. The summed E-state index contributed by atoms with van der Waals surface area (Å²) in [5, 5.41) is 3.09. The number of benzene rings is 1. The number of esters is 1. The van der Waals surface area contributed by atoms with Crippen molar-refractivity contribution in [3.05, 3.63) is 27.8 Å². The van der Waals surface area contributed by atoms with Crippen LogP contribution in [-0.4, -0.2) is 18.6 Å². The summed E-state index contributed by atoms with van der Waals surface area (Å²) in [6, 6.07) is 7.54. The molecule has 0 amide bonds. The van der Waals surface area contributed by atoms with E-state index in [4.69, 9.17) is 4.74 Å². The predicted octanol–water partition coefficient (Wildman–Crippen LogP) is 2.65. The molecule has 82 valence electrons. The van der Waals surface area contributed by atoms with Crippen LogP contribution in [0, 0.1) is 3.57 Å². The number of carbonyl (C=O) groups is 1. The summed E-state index contributed by atoms with van der Waals surface area (Å²) in [5.41, 5.74) is 0.933. The molecule has 1 N–H and O–H groups in total. The van der Waals surface area contributed by atoms with E-state index in [2.05, 4.69) is 27.9 Å². The molecule has 0 heterocycles. The van der Waals surface area contributed by atoms with Gasteiger partial charge >= 0.3 is 5.97 Å². The maximum Gasteiger partial charge on any atom is 0.328 e. The Kier molecular flexibility index (Phi) is 4.87. The molecule has 15 heavy (non-hydrogen) atoms. The Morgan fingerprint density at radius 1 is 1.60 bits per heavy atom. The predicted molar refractivity (Wildman–Crippen MR) is 68.9 cm³/mol. The maximum absolute atomic E-state index is 11.3. The van der Waals surface area contributed by atoms with Crippen LogP contribution in [0.5, 0.6) is 0 Å². The Labute approximate surface area is 103 Å². The first-order valence-electron chi connectivity index (χ1n) is 4.82. The van der Waals surface area contributed by atoms with Crippen molar-refractivity contribution in [3.8, 4) is 0 Å². The lowest BCUT2D eigenvalue weighted by Gasteiger charge is -2.13. The van der Waals surface area contributed by atoms with Crippen LogP contribution in [0.4, 0.5) is 5.69 Å². The van der Waals surface area contributed by atoms with E-state index in [-0.39, 0.29) is 12.0 Å². The van der Waals surface area contributed by atoms with E-state index in [1.165, 1.54) is 0 Å². The first-order valence-corrected chi connectivity index (χ1v) is 5.90. The standard InChI is InChI=1S/C11H14INO2/c1-3-15-11(14)8(2)13-10-6-4-5-9(12)7-10/h4-8,13H,3H2,1-2H3. The van der Waals surface area contributed by atoms with E-state index in [1.54, 1.807) is 13.8 Å². The number of carbonyl (C=O) groups excluding carboxylic acids is 1. The highest BCUT2D eigenvalue weighted by Gasteiger charge is 2.12. The average Bonchev–Trinajstić information content (AvgIpc) is 2.18. The van der Waals surface area contributed by atoms with Crippen molar-refractivity contribution in [1.29, 1.82) is 0 Å². The Hall–Kier alpha value is -0.780. The quantitative estimate of drug-likeness (QED) is 0.685. The fourth-order valence-corrected chi connectivity index (χ4v) is 1.70. The Morgan fingerprint density at radius 2 is 2.33 bits per heavy atom. The van der Waals surface area contributed by atoms with Crippen LogP contribution in [0.2, 0.25) is 0 Å². The normalized spacial score (nSPS) is 11.9. The van der Waals surface area contributed by atoms with Gasteiger partial charge in [-0.05, 0) is 54.6 Å². The zero-order valence-electron chi connectivity index (χ0n) is 8.79. The molecule has 4 heteroatoms. The number of halogens is 1. The first kappa shape index (κ1) is 12.3. The number of hydrogen-bond acceptors (Lipinski definition) is 3. The average molecular weight is 319 g/mol. The molecular weight excluding hydrogens is 305 g/mol. The summed E-state index contributed by atoms with van der Waals surface area (Å²) in [7, 11) is 0. The molecule has 0 aromatic heterocycles. The van der Waals surface area contributed by atoms with Gasteiger partial charge in [-0.2, -0.15) is 0 Å². The Morgan fingerprint density at radius 3 is 2.93 bits per heavy atom. The molecule has 0 aliphatic carbocycles. The van der Waals surface area contributed by atoms with Gasteiger partial charge in [-0.15, -0.1) is 0 Å². The van der Waals surface area contributed by atoms with Crippen LogP contribution in [0.1, 0.15) is 13.8 Å². The largest absolute Gasteiger partial charge is 0.464 e. The van der Waals surface area contributed by atoms with E-state index in [0.717, 1.165) is 9.26 Å². The molecule has 1 unspecified atom stereocenters. The van der Waals surface area contributed by atoms with Gasteiger partial charge in [0.15, 0.2) is 0 Å². The number of hydrogen-bond donors (Lipinski definition) is 1. The molecule has 0 aliphatic rings. The van der Waals surface area contributed by atoms with E-state index in [1.807, 2.05) is 24.3 Å². The molecule has 0 bridgehead atoms. The molecule has 1 rings (SSSR count). The highest BCUT2D eigenvalue weighted by molar-refractivity contribution is 14.1. The van der Waals surface area contributed by atoms with Crippen LogP contribution >= 0.6 is 22.6 Å². The zero-order valence-corrected chi connectivity index (χ0v) is 10.9. The molecule has 3 nitrogen and oxygen atoms in total. The zero-order chi connectivity index (χ0) is 11.3. The first-order chi connectivity index (χ1) is 7.13.